The van der Waals surface area contributed by atoms with Crippen molar-refractivity contribution in [3.05, 3.63) is 45.9 Å². The number of pyridine rings is 1. The Balaban J connectivity index is 1.79. The average Bonchev–Trinajstić information content (AvgIpc) is 2.97. The first-order valence-electron chi connectivity index (χ1n) is 8.62. The Morgan fingerprint density at radius 2 is 2.04 bits per heavy atom. The van der Waals surface area contributed by atoms with Gasteiger partial charge >= 0.3 is 0 Å². The second-order valence-corrected chi connectivity index (χ2v) is 6.64. The highest BCUT2D eigenvalue weighted by atomic mass is 16.5. The van der Waals surface area contributed by atoms with Crippen molar-refractivity contribution < 1.29 is 14.3 Å². The van der Waals surface area contributed by atoms with Gasteiger partial charge in [-0.15, -0.1) is 0 Å². The molecule has 9 nitrogen and oxygen atoms in total. The minimum absolute atomic E-state index is 0.0702. The van der Waals surface area contributed by atoms with Crippen molar-refractivity contribution in [2.24, 2.45) is 0 Å². The standard InChI is InChI=1S/C18H23N5O4/c1-12-16(18(26)20(2)3)23-9-8-21(10-14(23)19-12)15(24)11-22-7-5-6-13(27-4)17(22)25/h5-7H,8-11H2,1-4H3. The van der Waals surface area contributed by atoms with Crippen molar-refractivity contribution in [3.8, 4) is 5.75 Å². The third-order valence-corrected chi connectivity index (χ3v) is 4.62. The number of hydrogen-bond acceptors (Lipinski definition) is 5. The SMILES string of the molecule is COc1cccn(CC(=O)N2CCn3c(nc(C)c3C(=O)N(C)C)C2)c1=O. The van der Waals surface area contributed by atoms with Crippen LogP contribution in [0, 0.1) is 6.92 Å². The molecule has 1 aliphatic rings. The maximum absolute atomic E-state index is 12.7. The first-order chi connectivity index (χ1) is 12.8. The molecule has 9 heteroatoms. The first-order valence-corrected chi connectivity index (χ1v) is 8.62. The van der Waals surface area contributed by atoms with Gasteiger partial charge in [-0.3, -0.25) is 14.4 Å². The molecule has 2 aromatic rings. The van der Waals surface area contributed by atoms with E-state index in [0.29, 0.717) is 36.8 Å². The van der Waals surface area contributed by atoms with Gasteiger partial charge in [0, 0.05) is 33.4 Å². The zero-order chi connectivity index (χ0) is 19.7. The summed E-state index contributed by atoms with van der Waals surface area (Å²) in [7, 11) is 4.82. The summed E-state index contributed by atoms with van der Waals surface area (Å²) in [4.78, 5) is 44.9. The molecule has 0 radical (unpaired) electrons. The number of hydrogen-bond donors (Lipinski definition) is 0. The van der Waals surface area contributed by atoms with E-state index in [-0.39, 0.29) is 29.7 Å². The fraction of sp³-hybridized carbons (Fsp3) is 0.444. The topological polar surface area (TPSA) is 89.7 Å². The van der Waals surface area contributed by atoms with Gasteiger partial charge in [-0.05, 0) is 19.1 Å². The van der Waals surface area contributed by atoms with E-state index in [2.05, 4.69) is 4.98 Å². The maximum Gasteiger partial charge on any atom is 0.293 e. The molecule has 0 aromatic carbocycles. The number of amides is 2. The number of fused-ring (bicyclic) bond motifs is 1. The molecule has 0 fully saturated rings. The van der Waals surface area contributed by atoms with Gasteiger partial charge in [-0.1, -0.05) is 0 Å². The molecule has 0 aliphatic carbocycles. The van der Waals surface area contributed by atoms with Gasteiger partial charge < -0.3 is 23.7 Å². The lowest BCUT2D eigenvalue weighted by Gasteiger charge is -2.29. The van der Waals surface area contributed by atoms with Crippen LogP contribution < -0.4 is 10.3 Å². The summed E-state index contributed by atoms with van der Waals surface area (Å²) in [6, 6.07) is 3.23. The normalized spacial score (nSPS) is 13.3. The van der Waals surface area contributed by atoms with Crippen LogP contribution in [0.15, 0.2) is 23.1 Å². The highest BCUT2D eigenvalue weighted by Crippen LogP contribution is 2.19. The Bertz CT molecular complexity index is 944. The van der Waals surface area contributed by atoms with E-state index in [1.807, 2.05) is 4.57 Å². The number of nitrogens with zero attached hydrogens (tertiary/aromatic N) is 5. The van der Waals surface area contributed by atoms with E-state index in [1.54, 1.807) is 44.2 Å². The lowest BCUT2D eigenvalue weighted by atomic mass is 10.3. The van der Waals surface area contributed by atoms with Crippen LogP contribution >= 0.6 is 0 Å². The molecule has 0 N–H and O–H groups in total. The summed E-state index contributed by atoms with van der Waals surface area (Å²) >= 11 is 0. The van der Waals surface area contributed by atoms with Crippen molar-refractivity contribution in [1.82, 2.24) is 23.9 Å². The van der Waals surface area contributed by atoms with Crippen LogP contribution in [-0.2, 0) is 24.4 Å². The number of carbonyl (C=O) groups is 2. The van der Waals surface area contributed by atoms with Gasteiger partial charge in [0.2, 0.25) is 5.91 Å². The molecule has 144 valence electrons. The van der Waals surface area contributed by atoms with Crippen molar-refractivity contribution >= 4 is 11.8 Å². The van der Waals surface area contributed by atoms with Crippen LogP contribution in [0.3, 0.4) is 0 Å². The Hall–Kier alpha value is -3.10. The molecule has 0 saturated carbocycles. The highest BCUT2D eigenvalue weighted by Gasteiger charge is 2.28. The summed E-state index contributed by atoms with van der Waals surface area (Å²) in [5.41, 5.74) is 0.870. The summed E-state index contributed by atoms with van der Waals surface area (Å²) in [6.45, 7) is 2.97. The lowest BCUT2D eigenvalue weighted by molar-refractivity contribution is -0.133. The second-order valence-electron chi connectivity index (χ2n) is 6.64. The van der Waals surface area contributed by atoms with Crippen molar-refractivity contribution in [2.75, 3.05) is 27.7 Å². The lowest BCUT2D eigenvalue weighted by Crippen LogP contribution is -2.42. The van der Waals surface area contributed by atoms with Crippen LogP contribution in [0.4, 0.5) is 0 Å². The van der Waals surface area contributed by atoms with Gasteiger partial charge in [-0.25, -0.2) is 4.98 Å². The second kappa shape index (κ2) is 7.26. The molecule has 3 heterocycles. The van der Waals surface area contributed by atoms with Crippen molar-refractivity contribution in [3.63, 3.8) is 0 Å². The first kappa shape index (κ1) is 18.7. The molecule has 0 unspecified atom stereocenters. The molecule has 0 bridgehead atoms. The van der Waals surface area contributed by atoms with Gasteiger partial charge in [0.1, 0.15) is 18.1 Å². The third kappa shape index (κ3) is 3.44. The number of methoxy groups -OCH3 is 1. The quantitative estimate of drug-likeness (QED) is 0.759. The number of rotatable bonds is 4. The smallest absolute Gasteiger partial charge is 0.293 e. The van der Waals surface area contributed by atoms with Crippen LogP contribution in [0.25, 0.3) is 0 Å². The summed E-state index contributed by atoms with van der Waals surface area (Å²) in [6.07, 6.45) is 1.56. The number of ether oxygens (including phenoxy) is 1. The minimum Gasteiger partial charge on any atom is -0.491 e. The van der Waals surface area contributed by atoms with Crippen molar-refractivity contribution in [2.45, 2.75) is 26.6 Å². The van der Waals surface area contributed by atoms with E-state index >= 15 is 0 Å². The van der Waals surface area contributed by atoms with Gasteiger partial charge in [0.25, 0.3) is 11.5 Å². The maximum atomic E-state index is 12.7. The molecular formula is C18H23N5O4. The molecular weight excluding hydrogens is 350 g/mol. The van der Waals surface area contributed by atoms with E-state index in [9.17, 15) is 14.4 Å². The molecule has 0 saturated heterocycles. The zero-order valence-corrected chi connectivity index (χ0v) is 15.9. The zero-order valence-electron chi connectivity index (χ0n) is 15.9. The summed E-state index contributed by atoms with van der Waals surface area (Å²) in [5.74, 6) is 0.587. The average molecular weight is 373 g/mol. The fourth-order valence-corrected chi connectivity index (χ4v) is 3.20. The van der Waals surface area contributed by atoms with E-state index < -0.39 is 0 Å². The minimum atomic E-state index is -0.346. The molecule has 2 amide bonds. The Kier molecular flexibility index (Phi) is 5.02. The summed E-state index contributed by atoms with van der Waals surface area (Å²) in [5, 5.41) is 0. The van der Waals surface area contributed by atoms with E-state index in [0.717, 1.165) is 0 Å². The third-order valence-electron chi connectivity index (χ3n) is 4.62. The van der Waals surface area contributed by atoms with Crippen LogP contribution in [0.1, 0.15) is 22.0 Å². The Morgan fingerprint density at radius 1 is 1.30 bits per heavy atom. The largest absolute Gasteiger partial charge is 0.491 e. The number of aromatic nitrogens is 3. The Labute approximate surface area is 156 Å². The molecule has 27 heavy (non-hydrogen) atoms. The highest BCUT2D eigenvalue weighted by molar-refractivity contribution is 5.93. The summed E-state index contributed by atoms with van der Waals surface area (Å²) < 4.78 is 8.21. The molecule has 1 aliphatic heterocycles. The van der Waals surface area contributed by atoms with E-state index in [4.69, 9.17) is 4.74 Å². The predicted molar refractivity (Wildman–Crippen MR) is 97.7 cm³/mol. The molecule has 0 atom stereocenters. The van der Waals surface area contributed by atoms with Gasteiger partial charge in [-0.2, -0.15) is 0 Å². The molecule has 0 spiro atoms. The van der Waals surface area contributed by atoms with Crippen molar-refractivity contribution in [1.29, 1.82) is 0 Å². The van der Waals surface area contributed by atoms with Gasteiger partial charge in [0.15, 0.2) is 5.75 Å². The number of imidazole rings is 1. The van der Waals surface area contributed by atoms with Gasteiger partial charge in [0.05, 0.1) is 19.3 Å². The number of carbonyl (C=O) groups excluding carboxylic acids is 2. The number of aryl methyl sites for hydroxylation is 1. The van der Waals surface area contributed by atoms with Crippen LogP contribution in [0.2, 0.25) is 0 Å². The molecule has 2 aromatic heterocycles. The monoisotopic (exact) mass is 373 g/mol. The van der Waals surface area contributed by atoms with Crippen LogP contribution in [-0.4, -0.2) is 63.5 Å². The van der Waals surface area contributed by atoms with Crippen LogP contribution in [0.5, 0.6) is 5.75 Å². The fourth-order valence-electron chi connectivity index (χ4n) is 3.20. The molecule has 3 rings (SSSR count). The van der Waals surface area contributed by atoms with E-state index in [1.165, 1.54) is 16.6 Å². The predicted octanol–water partition coefficient (Wildman–Crippen LogP) is 0.106. The Morgan fingerprint density at radius 3 is 2.70 bits per heavy atom.